The number of carbonyl (C=O) groups excluding carboxylic acids is 1. The number of methoxy groups -OCH3 is 1. The molecule has 3 aromatic rings. The number of ether oxygens (including phenoxy) is 1. The number of para-hydroxylation sites is 2. The number of nitrogens with one attached hydrogen (secondary N) is 1. The van der Waals surface area contributed by atoms with E-state index in [-0.39, 0.29) is 5.69 Å². The van der Waals surface area contributed by atoms with Gasteiger partial charge in [0.25, 0.3) is 0 Å². The number of hydrogen-bond acceptors (Lipinski definition) is 5. The van der Waals surface area contributed by atoms with E-state index in [4.69, 9.17) is 4.74 Å². The Morgan fingerprint density at radius 2 is 2.19 bits per heavy atom. The van der Waals surface area contributed by atoms with E-state index < -0.39 is 5.97 Å². The lowest BCUT2D eigenvalue weighted by molar-refractivity contribution is 0.0592. The third-order valence-corrected chi connectivity index (χ3v) is 3.29. The number of rotatable bonds is 4. The molecule has 0 spiro atoms. The highest BCUT2D eigenvalue weighted by atomic mass is 16.5. The molecule has 0 radical (unpaired) electrons. The maximum atomic E-state index is 11.6. The van der Waals surface area contributed by atoms with E-state index in [1.807, 2.05) is 31.2 Å². The summed E-state index contributed by atoms with van der Waals surface area (Å²) in [4.78, 5) is 19.4. The molecule has 2 heterocycles. The first-order valence-corrected chi connectivity index (χ1v) is 6.67. The Morgan fingerprint density at radius 3 is 2.90 bits per heavy atom. The third kappa shape index (κ3) is 2.37. The van der Waals surface area contributed by atoms with Gasteiger partial charge in [0.05, 0.1) is 23.8 Å². The average molecular weight is 285 g/mol. The summed E-state index contributed by atoms with van der Waals surface area (Å²) < 4.78 is 6.38. The fraction of sp³-hybridized carbons (Fsp3) is 0.286. The van der Waals surface area contributed by atoms with E-state index in [0.29, 0.717) is 13.0 Å². The lowest BCUT2D eigenvalue weighted by Gasteiger charge is -2.03. The van der Waals surface area contributed by atoms with Crippen LogP contribution in [0.3, 0.4) is 0 Å². The molecule has 3 rings (SSSR count). The number of aromatic amines is 1. The van der Waals surface area contributed by atoms with Crippen molar-refractivity contribution in [2.75, 3.05) is 7.11 Å². The van der Waals surface area contributed by atoms with Crippen molar-refractivity contribution in [3.8, 4) is 0 Å². The van der Waals surface area contributed by atoms with Gasteiger partial charge in [0, 0.05) is 0 Å². The molecule has 0 bridgehead atoms. The predicted molar refractivity (Wildman–Crippen MR) is 75.9 cm³/mol. The Kier molecular flexibility index (Phi) is 3.39. The van der Waals surface area contributed by atoms with E-state index >= 15 is 0 Å². The van der Waals surface area contributed by atoms with Crippen LogP contribution >= 0.6 is 0 Å². The summed E-state index contributed by atoms with van der Waals surface area (Å²) in [5.41, 5.74) is 2.87. The molecule has 0 fully saturated rings. The first-order chi connectivity index (χ1) is 10.2. The van der Waals surface area contributed by atoms with Crippen molar-refractivity contribution in [3.63, 3.8) is 0 Å². The van der Waals surface area contributed by atoms with E-state index in [1.54, 1.807) is 4.68 Å². The van der Waals surface area contributed by atoms with Crippen molar-refractivity contribution in [1.82, 2.24) is 25.0 Å². The normalized spacial score (nSPS) is 11.0. The van der Waals surface area contributed by atoms with Crippen LogP contribution in [0, 0.1) is 0 Å². The van der Waals surface area contributed by atoms with Gasteiger partial charge in [-0.3, -0.25) is 0 Å². The molecule has 21 heavy (non-hydrogen) atoms. The molecule has 2 aromatic heterocycles. The molecule has 0 aliphatic carbocycles. The fourth-order valence-electron chi connectivity index (χ4n) is 2.29. The topological polar surface area (TPSA) is 85.7 Å². The first kappa shape index (κ1) is 13.3. The number of nitrogens with zero attached hydrogens (tertiary/aromatic N) is 4. The molecule has 0 aliphatic rings. The van der Waals surface area contributed by atoms with Crippen LogP contribution in [0.1, 0.15) is 28.9 Å². The quantitative estimate of drug-likeness (QED) is 0.735. The summed E-state index contributed by atoms with van der Waals surface area (Å²) in [5.74, 6) is 0.301. The van der Waals surface area contributed by atoms with Crippen LogP contribution in [0.2, 0.25) is 0 Å². The monoisotopic (exact) mass is 285 g/mol. The molecule has 1 aromatic carbocycles. The van der Waals surface area contributed by atoms with Gasteiger partial charge in [-0.05, 0) is 18.6 Å². The minimum Gasteiger partial charge on any atom is -0.464 e. The van der Waals surface area contributed by atoms with Gasteiger partial charge in [0.1, 0.15) is 12.4 Å². The molecule has 0 atom stereocenters. The molecular formula is C14H15N5O2. The van der Waals surface area contributed by atoms with Gasteiger partial charge in [-0.25, -0.2) is 14.5 Å². The minimum absolute atomic E-state index is 0.260. The van der Waals surface area contributed by atoms with Crippen LogP contribution in [-0.2, 0) is 17.7 Å². The Hall–Kier alpha value is -2.70. The molecule has 7 nitrogen and oxygen atoms in total. The van der Waals surface area contributed by atoms with Crippen molar-refractivity contribution < 1.29 is 9.53 Å². The van der Waals surface area contributed by atoms with Gasteiger partial charge in [0.2, 0.25) is 0 Å². The van der Waals surface area contributed by atoms with Crippen LogP contribution in [0.25, 0.3) is 11.0 Å². The number of benzene rings is 1. The van der Waals surface area contributed by atoms with Crippen molar-refractivity contribution >= 4 is 17.0 Å². The SMILES string of the molecule is CCc1c(C(=O)OC)nnn1Cc1nc2ccccc2[nH]1. The number of carbonyl (C=O) groups is 1. The van der Waals surface area contributed by atoms with Crippen LogP contribution < -0.4 is 0 Å². The van der Waals surface area contributed by atoms with Crippen LogP contribution in [-0.4, -0.2) is 38.0 Å². The highest BCUT2D eigenvalue weighted by Crippen LogP contribution is 2.13. The summed E-state index contributed by atoms with van der Waals surface area (Å²) in [6, 6.07) is 7.80. The number of imidazole rings is 1. The Balaban J connectivity index is 1.94. The molecule has 0 unspecified atom stereocenters. The maximum Gasteiger partial charge on any atom is 0.360 e. The Labute approximate surface area is 120 Å². The number of fused-ring (bicyclic) bond motifs is 1. The smallest absolute Gasteiger partial charge is 0.360 e. The third-order valence-electron chi connectivity index (χ3n) is 3.29. The standard InChI is InChI=1S/C14H15N5O2/c1-3-11-13(14(20)21-2)17-18-19(11)8-12-15-9-6-4-5-7-10(9)16-12/h4-7H,3,8H2,1-2H3,(H,15,16). The van der Waals surface area contributed by atoms with Gasteiger partial charge < -0.3 is 9.72 Å². The summed E-state index contributed by atoms with van der Waals surface area (Å²) in [6.45, 7) is 2.38. The fourth-order valence-corrected chi connectivity index (χ4v) is 2.29. The van der Waals surface area contributed by atoms with Gasteiger partial charge in [-0.1, -0.05) is 24.3 Å². The van der Waals surface area contributed by atoms with Crippen LogP contribution in [0.5, 0.6) is 0 Å². The zero-order valence-electron chi connectivity index (χ0n) is 11.8. The summed E-state index contributed by atoms with van der Waals surface area (Å²) in [7, 11) is 1.33. The minimum atomic E-state index is -0.470. The van der Waals surface area contributed by atoms with Crippen molar-refractivity contribution in [3.05, 3.63) is 41.5 Å². The molecular weight excluding hydrogens is 270 g/mol. The number of aromatic nitrogens is 5. The zero-order valence-corrected chi connectivity index (χ0v) is 11.8. The Morgan fingerprint density at radius 1 is 1.38 bits per heavy atom. The van der Waals surface area contributed by atoms with Crippen molar-refractivity contribution in [1.29, 1.82) is 0 Å². The molecule has 7 heteroatoms. The zero-order chi connectivity index (χ0) is 14.8. The lowest BCUT2D eigenvalue weighted by Crippen LogP contribution is -2.10. The average Bonchev–Trinajstić information content (AvgIpc) is 3.09. The van der Waals surface area contributed by atoms with Gasteiger partial charge in [-0.15, -0.1) is 5.10 Å². The van der Waals surface area contributed by atoms with Gasteiger partial charge >= 0.3 is 5.97 Å². The van der Waals surface area contributed by atoms with Gasteiger partial charge in [0.15, 0.2) is 5.69 Å². The number of hydrogen-bond donors (Lipinski definition) is 1. The molecule has 1 N–H and O–H groups in total. The second-order valence-corrected chi connectivity index (χ2v) is 4.59. The first-order valence-electron chi connectivity index (χ1n) is 6.67. The maximum absolute atomic E-state index is 11.6. The van der Waals surface area contributed by atoms with E-state index in [1.165, 1.54) is 7.11 Å². The Bertz CT molecular complexity index is 757. The number of esters is 1. The van der Waals surface area contributed by atoms with E-state index in [9.17, 15) is 4.79 Å². The molecule has 108 valence electrons. The van der Waals surface area contributed by atoms with Crippen LogP contribution in [0.15, 0.2) is 24.3 Å². The van der Waals surface area contributed by atoms with Crippen molar-refractivity contribution in [2.45, 2.75) is 19.9 Å². The molecule has 0 saturated carbocycles. The highest BCUT2D eigenvalue weighted by Gasteiger charge is 2.19. The van der Waals surface area contributed by atoms with Crippen LogP contribution in [0.4, 0.5) is 0 Å². The van der Waals surface area contributed by atoms with E-state index in [0.717, 1.165) is 22.6 Å². The molecule has 0 saturated heterocycles. The highest BCUT2D eigenvalue weighted by molar-refractivity contribution is 5.88. The van der Waals surface area contributed by atoms with Crippen molar-refractivity contribution in [2.24, 2.45) is 0 Å². The summed E-state index contributed by atoms with van der Waals surface area (Å²) in [5, 5.41) is 7.93. The summed E-state index contributed by atoms with van der Waals surface area (Å²) >= 11 is 0. The molecule has 0 amide bonds. The predicted octanol–water partition coefficient (Wildman–Crippen LogP) is 1.55. The summed E-state index contributed by atoms with van der Waals surface area (Å²) in [6.07, 6.45) is 0.637. The number of H-pyrrole nitrogens is 1. The second-order valence-electron chi connectivity index (χ2n) is 4.59. The van der Waals surface area contributed by atoms with Gasteiger partial charge in [-0.2, -0.15) is 0 Å². The largest absolute Gasteiger partial charge is 0.464 e. The lowest BCUT2D eigenvalue weighted by atomic mass is 10.2. The molecule has 0 aliphatic heterocycles. The second kappa shape index (κ2) is 5.35. The van der Waals surface area contributed by atoms with E-state index in [2.05, 4.69) is 20.3 Å².